The normalized spacial score (nSPS) is 38.7. The van der Waals surface area contributed by atoms with E-state index in [1.54, 1.807) is 0 Å². The molecular formula is C25H26O13. The fourth-order valence-corrected chi connectivity index (χ4v) is 5.19. The molecular weight excluding hydrogens is 508 g/mol. The molecule has 1 unspecified atom stereocenters. The Morgan fingerprint density at radius 1 is 1.08 bits per heavy atom. The van der Waals surface area contributed by atoms with Crippen LogP contribution < -0.4 is 0 Å². The molecule has 13 nitrogen and oxygen atoms in total. The third kappa shape index (κ3) is 4.27. The summed E-state index contributed by atoms with van der Waals surface area (Å²) >= 11 is 0. The van der Waals surface area contributed by atoms with E-state index in [0.29, 0.717) is 5.56 Å². The van der Waals surface area contributed by atoms with Crippen LogP contribution in [0.5, 0.6) is 5.75 Å². The molecule has 0 aromatic heterocycles. The molecule has 10 atom stereocenters. The Bertz CT molecular complexity index is 1190. The van der Waals surface area contributed by atoms with E-state index in [4.69, 9.17) is 18.9 Å². The number of carbonyl (C=O) groups is 2. The molecule has 3 heterocycles. The van der Waals surface area contributed by atoms with Crippen LogP contribution in [0, 0.1) is 11.8 Å². The minimum atomic E-state index is -1.77. The van der Waals surface area contributed by atoms with Crippen molar-refractivity contribution in [1.82, 2.24) is 0 Å². The lowest BCUT2D eigenvalue weighted by atomic mass is 9.78. The quantitative estimate of drug-likeness (QED) is 0.165. The van der Waals surface area contributed by atoms with E-state index < -0.39 is 79.1 Å². The SMILES string of the molecule is O=C(O)C1=CO[C@@H](O[C@@H]2O[C@H](CO)[C@@H](O)[C@H](O)[C@H]2O)[C@H]2[C@@H]1C=C[C@@]21C=C(C(O)c2ccc(O)cc2)C(=O)O1. The zero-order chi connectivity index (χ0) is 27.4. The first-order valence-electron chi connectivity index (χ1n) is 11.7. The van der Waals surface area contributed by atoms with E-state index in [0.717, 1.165) is 6.26 Å². The largest absolute Gasteiger partial charge is 0.508 e. The number of carboxylic acids is 1. The van der Waals surface area contributed by atoms with Crippen molar-refractivity contribution in [2.45, 2.75) is 48.7 Å². The highest BCUT2D eigenvalue weighted by molar-refractivity contribution is 5.94. The summed E-state index contributed by atoms with van der Waals surface area (Å²) in [5.74, 6) is -4.19. The molecule has 13 heteroatoms. The van der Waals surface area contributed by atoms with Gasteiger partial charge in [-0.3, -0.25) is 0 Å². The van der Waals surface area contributed by atoms with Gasteiger partial charge in [-0.25, -0.2) is 9.59 Å². The van der Waals surface area contributed by atoms with Crippen LogP contribution in [-0.2, 0) is 28.5 Å². The predicted octanol–water partition coefficient (Wildman–Crippen LogP) is -1.41. The molecule has 3 aliphatic heterocycles. The number of aliphatic carboxylic acids is 1. The molecule has 204 valence electrons. The first-order valence-corrected chi connectivity index (χ1v) is 11.7. The van der Waals surface area contributed by atoms with Crippen molar-refractivity contribution in [2.24, 2.45) is 11.8 Å². The molecule has 0 radical (unpaired) electrons. The smallest absolute Gasteiger partial charge is 0.338 e. The minimum absolute atomic E-state index is 0.0394. The highest BCUT2D eigenvalue weighted by Gasteiger charge is 2.59. The summed E-state index contributed by atoms with van der Waals surface area (Å²) in [7, 11) is 0. The van der Waals surface area contributed by atoms with Gasteiger partial charge in [0, 0.05) is 5.92 Å². The van der Waals surface area contributed by atoms with Gasteiger partial charge in [-0.15, -0.1) is 0 Å². The molecule has 1 fully saturated rings. The summed E-state index contributed by atoms with van der Waals surface area (Å²) in [4.78, 5) is 24.8. The lowest BCUT2D eigenvalue weighted by molar-refractivity contribution is -0.344. The molecule has 0 amide bonds. The highest BCUT2D eigenvalue weighted by atomic mass is 16.8. The zero-order valence-corrected chi connectivity index (χ0v) is 19.6. The number of allylic oxidation sites excluding steroid dienone is 1. The Balaban J connectivity index is 1.48. The summed E-state index contributed by atoms with van der Waals surface area (Å²) in [5.41, 5.74) is -1.64. The van der Waals surface area contributed by atoms with Gasteiger partial charge in [-0.1, -0.05) is 18.2 Å². The molecule has 1 spiro atoms. The minimum Gasteiger partial charge on any atom is -0.508 e. The van der Waals surface area contributed by atoms with Gasteiger partial charge in [0.1, 0.15) is 36.3 Å². The Labute approximate surface area is 215 Å². The number of phenols is 1. The maximum atomic E-state index is 12.9. The molecule has 38 heavy (non-hydrogen) atoms. The number of aliphatic hydroxyl groups excluding tert-OH is 5. The molecule has 1 aromatic carbocycles. The van der Waals surface area contributed by atoms with E-state index in [-0.39, 0.29) is 16.9 Å². The number of hydrogen-bond donors (Lipinski definition) is 7. The van der Waals surface area contributed by atoms with Crippen LogP contribution in [0.2, 0.25) is 0 Å². The van der Waals surface area contributed by atoms with Crippen LogP contribution in [0.4, 0.5) is 0 Å². The molecule has 1 saturated heterocycles. The number of phenolic OH excluding ortho intramolecular Hbond substituents is 1. The molecule has 1 aliphatic carbocycles. The summed E-state index contributed by atoms with van der Waals surface area (Å²) in [5, 5.41) is 70.1. The molecule has 0 bridgehead atoms. The summed E-state index contributed by atoms with van der Waals surface area (Å²) in [6, 6.07) is 5.52. The average molecular weight is 534 g/mol. The Morgan fingerprint density at radius 3 is 2.45 bits per heavy atom. The lowest BCUT2D eigenvalue weighted by Gasteiger charge is -2.44. The Hall–Kier alpha value is -3.30. The Kier molecular flexibility index (Phi) is 6.77. The number of ether oxygens (including phenoxy) is 4. The van der Waals surface area contributed by atoms with Crippen molar-refractivity contribution in [3.8, 4) is 5.75 Å². The lowest BCUT2D eigenvalue weighted by Crippen LogP contribution is -2.60. The van der Waals surface area contributed by atoms with Crippen molar-refractivity contribution in [3.63, 3.8) is 0 Å². The van der Waals surface area contributed by atoms with Crippen molar-refractivity contribution in [2.75, 3.05) is 6.61 Å². The fourth-order valence-electron chi connectivity index (χ4n) is 5.19. The second-order valence-electron chi connectivity index (χ2n) is 9.46. The second-order valence-corrected chi connectivity index (χ2v) is 9.46. The summed E-state index contributed by atoms with van der Waals surface area (Å²) in [6.07, 6.45) is -5.61. The maximum Gasteiger partial charge on any atom is 0.338 e. The van der Waals surface area contributed by atoms with Crippen molar-refractivity contribution >= 4 is 11.9 Å². The highest BCUT2D eigenvalue weighted by Crippen LogP contribution is 2.51. The number of carbonyl (C=O) groups excluding carboxylic acids is 1. The van der Waals surface area contributed by atoms with E-state index in [9.17, 15) is 45.3 Å². The van der Waals surface area contributed by atoms with Gasteiger partial charge >= 0.3 is 11.9 Å². The van der Waals surface area contributed by atoms with Gasteiger partial charge in [-0.2, -0.15) is 0 Å². The number of hydrogen-bond acceptors (Lipinski definition) is 12. The van der Waals surface area contributed by atoms with Crippen LogP contribution >= 0.6 is 0 Å². The molecule has 7 N–H and O–H groups in total. The van der Waals surface area contributed by atoms with Crippen LogP contribution in [0.1, 0.15) is 11.7 Å². The van der Waals surface area contributed by atoms with Gasteiger partial charge in [0.05, 0.1) is 29.9 Å². The first-order chi connectivity index (χ1) is 18.1. The second kappa shape index (κ2) is 9.78. The fraction of sp³-hybridized carbons (Fsp3) is 0.440. The molecule has 0 saturated carbocycles. The van der Waals surface area contributed by atoms with E-state index in [2.05, 4.69) is 0 Å². The standard InChI is InChI=1S/C25H26O13/c26-8-15-18(29)19(30)20(31)24(36-15)37-23-16-12(14(9-35-23)21(32)33)5-6-25(16)7-13(22(34)38-25)17(28)10-1-3-11(27)4-2-10/h1-7,9,12,15-20,23-24,26-31H,8H2,(H,32,33)/t12-,15-,16-,17?,18-,19+,20-,23+,24+,25-/m1/s1. The number of esters is 1. The van der Waals surface area contributed by atoms with Gasteiger partial charge in [0.15, 0.2) is 11.9 Å². The van der Waals surface area contributed by atoms with Crippen molar-refractivity contribution in [3.05, 3.63) is 65.5 Å². The van der Waals surface area contributed by atoms with Gasteiger partial charge in [0.2, 0.25) is 6.29 Å². The first kappa shape index (κ1) is 26.3. The number of aliphatic hydroxyl groups is 5. The topological polar surface area (TPSA) is 213 Å². The number of aromatic hydroxyl groups is 1. The van der Waals surface area contributed by atoms with Gasteiger partial charge < -0.3 is 54.7 Å². The third-order valence-corrected chi connectivity index (χ3v) is 7.21. The van der Waals surface area contributed by atoms with Crippen LogP contribution in [-0.4, -0.2) is 96.9 Å². The zero-order valence-electron chi connectivity index (χ0n) is 19.6. The van der Waals surface area contributed by atoms with E-state index in [1.807, 2.05) is 0 Å². The average Bonchev–Trinajstić information content (AvgIpc) is 3.43. The van der Waals surface area contributed by atoms with E-state index in [1.165, 1.54) is 42.5 Å². The summed E-state index contributed by atoms with van der Waals surface area (Å²) in [6.45, 7) is -0.699. The van der Waals surface area contributed by atoms with Crippen LogP contribution in [0.25, 0.3) is 0 Å². The van der Waals surface area contributed by atoms with Gasteiger partial charge in [-0.05, 0) is 29.8 Å². The van der Waals surface area contributed by atoms with Crippen molar-refractivity contribution < 1.29 is 64.3 Å². The predicted molar refractivity (Wildman–Crippen MR) is 122 cm³/mol. The molecule has 4 aliphatic rings. The number of fused-ring (bicyclic) bond motifs is 2. The summed E-state index contributed by atoms with van der Waals surface area (Å²) < 4.78 is 22.4. The Morgan fingerprint density at radius 2 is 1.79 bits per heavy atom. The molecule has 1 aromatic rings. The third-order valence-electron chi connectivity index (χ3n) is 7.21. The monoisotopic (exact) mass is 534 g/mol. The number of carboxylic acid groups (broad SMARTS) is 1. The number of benzene rings is 1. The van der Waals surface area contributed by atoms with Gasteiger partial charge in [0.25, 0.3) is 0 Å². The van der Waals surface area contributed by atoms with E-state index >= 15 is 0 Å². The maximum absolute atomic E-state index is 12.9. The number of rotatable bonds is 6. The molecule has 5 rings (SSSR count). The van der Waals surface area contributed by atoms with Crippen LogP contribution in [0.15, 0.2) is 59.9 Å². The van der Waals surface area contributed by atoms with Crippen molar-refractivity contribution in [1.29, 1.82) is 0 Å². The van der Waals surface area contributed by atoms with Crippen LogP contribution in [0.3, 0.4) is 0 Å².